The number of fused-ring (bicyclic) bond motifs is 1. The Hall–Kier alpha value is -2.75. The molecule has 1 N–H and O–H groups in total. The molecule has 0 aliphatic carbocycles. The molecule has 2 aromatic rings. The predicted octanol–water partition coefficient (Wildman–Crippen LogP) is 4.19. The zero-order valence-corrected chi connectivity index (χ0v) is 13.2. The summed E-state index contributed by atoms with van der Waals surface area (Å²) in [6, 6.07) is 13.5. The Morgan fingerprint density at radius 1 is 1.13 bits per heavy atom. The molecule has 4 heteroatoms. The van der Waals surface area contributed by atoms with Gasteiger partial charge in [-0.05, 0) is 47.4 Å². The average molecular weight is 309 g/mol. The Morgan fingerprint density at radius 3 is 2.78 bits per heavy atom. The van der Waals surface area contributed by atoms with Gasteiger partial charge < -0.3 is 14.8 Å². The van der Waals surface area contributed by atoms with E-state index in [9.17, 15) is 4.79 Å². The molecule has 3 rings (SSSR count). The van der Waals surface area contributed by atoms with Crippen molar-refractivity contribution in [2.45, 2.75) is 19.8 Å². The lowest BCUT2D eigenvalue weighted by atomic mass is 10.0. The number of rotatable bonds is 4. The highest BCUT2D eigenvalue weighted by atomic mass is 16.7. The lowest BCUT2D eigenvalue weighted by Gasteiger charge is -2.08. The van der Waals surface area contributed by atoms with Crippen molar-refractivity contribution in [1.29, 1.82) is 0 Å². The summed E-state index contributed by atoms with van der Waals surface area (Å²) in [4.78, 5) is 12.0. The van der Waals surface area contributed by atoms with E-state index in [0.29, 0.717) is 11.7 Å². The van der Waals surface area contributed by atoms with E-state index in [1.54, 1.807) is 6.08 Å². The number of anilines is 1. The number of hydrogen-bond acceptors (Lipinski definition) is 3. The molecule has 1 aliphatic rings. The van der Waals surface area contributed by atoms with Crippen LogP contribution in [0.4, 0.5) is 5.69 Å². The second kappa shape index (κ2) is 6.57. The van der Waals surface area contributed by atoms with Gasteiger partial charge in [0.25, 0.3) is 0 Å². The van der Waals surface area contributed by atoms with Gasteiger partial charge in [0.1, 0.15) is 0 Å². The molecule has 0 aromatic heterocycles. The highest BCUT2D eigenvalue weighted by Crippen LogP contribution is 2.32. The molecule has 0 radical (unpaired) electrons. The monoisotopic (exact) mass is 309 g/mol. The molecule has 2 aromatic carbocycles. The molecule has 1 amide bonds. The van der Waals surface area contributed by atoms with Crippen molar-refractivity contribution in [1.82, 2.24) is 0 Å². The largest absolute Gasteiger partial charge is 0.454 e. The first-order valence-corrected chi connectivity index (χ1v) is 7.60. The van der Waals surface area contributed by atoms with E-state index in [1.165, 1.54) is 11.6 Å². The third-order valence-corrected chi connectivity index (χ3v) is 3.64. The first-order valence-electron chi connectivity index (χ1n) is 7.60. The summed E-state index contributed by atoms with van der Waals surface area (Å²) in [5.74, 6) is 1.70. The minimum Gasteiger partial charge on any atom is -0.454 e. The summed E-state index contributed by atoms with van der Waals surface area (Å²) in [5, 5.41) is 2.88. The van der Waals surface area contributed by atoms with E-state index in [4.69, 9.17) is 9.47 Å². The Bertz CT molecular complexity index is 750. The Morgan fingerprint density at radius 2 is 1.96 bits per heavy atom. The van der Waals surface area contributed by atoms with Crippen molar-refractivity contribution < 1.29 is 14.3 Å². The molecule has 0 atom stereocenters. The zero-order chi connectivity index (χ0) is 16.2. The van der Waals surface area contributed by atoms with Crippen LogP contribution in [-0.2, 0) is 4.79 Å². The number of hydrogen-bond donors (Lipinski definition) is 1. The zero-order valence-electron chi connectivity index (χ0n) is 13.2. The molecule has 0 unspecified atom stereocenters. The van der Waals surface area contributed by atoms with Crippen LogP contribution in [0.2, 0.25) is 0 Å². The topological polar surface area (TPSA) is 47.6 Å². The lowest BCUT2D eigenvalue weighted by Crippen LogP contribution is -2.08. The van der Waals surface area contributed by atoms with Crippen LogP contribution in [0, 0.1) is 0 Å². The number of amides is 1. The molecule has 1 heterocycles. The van der Waals surface area contributed by atoms with Crippen LogP contribution in [0.1, 0.15) is 30.9 Å². The van der Waals surface area contributed by atoms with E-state index in [-0.39, 0.29) is 12.7 Å². The van der Waals surface area contributed by atoms with Crippen molar-refractivity contribution in [3.8, 4) is 11.5 Å². The van der Waals surface area contributed by atoms with Gasteiger partial charge in [0.15, 0.2) is 11.5 Å². The van der Waals surface area contributed by atoms with E-state index in [2.05, 4.69) is 25.2 Å². The first-order chi connectivity index (χ1) is 11.1. The van der Waals surface area contributed by atoms with Gasteiger partial charge in [-0.2, -0.15) is 0 Å². The Balaban J connectivity index is 1.66. The maximum absolute atomic E-state index is 12.0. The van der Waals surface area contributed by atoms with Crippen LogP contribution >= 0.6 is 0 Å². The maximum Gasteiger partial charge on any atom is 0.248 e. The average Bonchev–Trinajstić information content (AvgIpc) is 3.01. The molecule has 0 saturated carbocycles. The SMILES string of the molecule is CC(C)c1cccc(NC(=O)C=Cc2ccc3c(c2)OCO3)c1. The van der Waals surface area contributed by atoms with Crippen molar-refractivity contribution in [2.24, 2.45) is 0 Å². The molecule has 0 fully saturated rings. The summed E-state index contributed by atoms with van der Waals surface area (Å²) in [6.07, 6.45) is 3.27. The van der Waals surface area contributed by atoms with Gasteiger partial charge in [-0.15, -0.1) is 0 Å². The molecule has 0 spiro atoms. The summed E-state index contributed by atoms with van der Waals surface area (Å²) in [6.45, 7) is 4.50. The molecule has 23 heavy (non-hydrogen) atoms. The number of ether oxygens (including phenoxy) is 2. The number of carbonyl (C=O) groups excluding carboxylic acids is 1. The molecule has 4 nitrogen and oxygen atoms in total. The number of nitrogens with one attached hydrogen (secondary N) is 1. The van der Waals surface area contributed by atoms with Gasteiger partial charge in [-0.3, -0.25) is 4.79 Å². The Kier molecular flexibility index (Phi) is 4.33. The highest BCUT2D eigenvalue weighted by molar-refractivity contribution is 6.02. The summed E-state index contributed by atoms with van der Waals surface area (Å²) in [5.41, 5.74) is 2.89. The lowest BCUT2D eigenvalue weighted by molar-refractivity contribution is -0.111. The number of carbonyl (C=O) groups is 1. The van der Waals surface area contributed by atoms with Gasteiger partial charge in [0, 0.05) is 11.8 Å². The summed E-state index contributed by atoms with van der Waals surface area (Å²) in [7, 11) is 0. The smallest absolute Gasteiger partial charge is 0.248 e. The fourth-order valence-corrected chi connectivity index (χ4v) is 2.35. The van der Waals surface area contributed by atoms with Crippen molar-refractivity contribution in [3.05, 3.63) is 59.7 Å². The minimum atomic E-state index is -0.163. The Labute approximate surface area is 135 Å². The normalized spacial score (nSPS) is 12.8. The van der Waals surface area contributed by atoms with Crippen molar-refractivity contribution in [2.75, 3.05) is 12.1 Å². The third kappa shape index (κ3) is 3.72. The van der Waals surface area contributed by atoms with E-state index < -0.39 is 0 Å². The summed E-state index contributed by atoms with van der Waals surface area (Å²) < 4.78 is 10.6. The molecular formula is C19H19NO3. The van der Waals surface area contributed by atoms with Crippen LogP contribution < -0.4 is 14.8 Å². The quantitative estimate of drug-likeness (QED) is 0.861. The minimum absolute atomic E-state index is 0.163. The van der Waals surface area contributed by atoms with Crippen LogP contribution in [-0.4, -0.2) is 12.7 Å². The van der Waals surface area contributed by atoms with E-state index >= 15 is 0 Å². The molecule has 0 bridgehead atoms. The number of benzene rings is 2. The van der Waals surface area contributed by atoms with Crippen molar-refractivity contribution in [3.63, 3.8) is 0 Å². The van der Waals surface area contributed by atoms with Crippen LogP contribution in [0.25, 0.3) is 6.08 Å². The van der Waals surface area contributed by atoms with E-state index in [1.807, 2.05) is 36.4 Å². The summed E-state index contributed by atoms with van der Waals surface area (Å²) >= 11 is 0. The second-order valence-corrected chi connectivity index (χ2v) is 5.72. The molecule has 1 aliphatic heterocycles. The van der Waals surface area contributed by atoms with Gasteiger partial charge in [-0.25, -0.2) is 0 Å². The van der Waals surface area contributed by atoms with Crippen LogP contribution in [0.3, 0.4) is 0 Å². The fourth-order valence-electron chi connectivity index (χ4n) is 2.35. The highest BCUT2D eigenvalue weighted by Gasteiger charge is 2.12. The predicted molar refractivity (Wildman–Crippen MR) is 90.8 cm³/mol. The van der Waals surface area contributed by atoms with Gasteiger partial charge in [0.2, 0.25) is 12.7 Å². The van der Waals surface area contributed by atoms with Gasteiger partial charge >= 0.3 is 0 Å². The van der Waals surface area contributed by atoms with Crippen LogP contribution in [0.5, 0.6) is 11.5 Å². The molecule has 118 valence electrons. The van der Waals surface area contributed by atoms with Crippen LogP contribution in [0.15, 0.2) is 48.5 Å². The third-order valence-electron chi connectivity index (χ3n) is 3.64. The molecule has 0 saturated heterocycles. The second-order valence-electron chi connectivity index (χ2n) is 5.72. The molecular weight excluding hydrogens is 290 g/mol. The first kappa shape index (κ1) is 15.2. The van der Waals surface area contributed by atoms with Crippen molar-refractivity contribution >= 4 is 17.7 Å². The standard InChI is InChI=1S/C19H19NO3/c1-13(2)15-4-3-5-16(11-15)20-19(21)9-7-14-6-8-17-18(10-14)23-12-22-17/h3-11,13H,12H2,1-2H3,(H,20,21). The fraction of sp³-hybridized carbons (Fsp3) is 0.211. The van der Waals surface area contributed by atoms with Gasteiger partial charge in [-0.1, -0.05) is 32.0 Å². The maximum atomic E-state index is 12.0. The van der Waals surface area contributed by atoms with E-state index in [0.717, 1.165) is 17.0 Å². The van der Waals surface area contributed by atoms with Gasteiger partial charge in [0.05, 0.1) is 0 Å².